The van der Waals surface area contributed by atoms with E-state index in [1.54, 1.807) is 16.1 Å². The van der Waals surface area contributed by atoms with Gasteiger partial charge in [0, 0.05) is 16.1 Å². The molecule has 0 N–H and O–H groups in total. The van der Waals surface area contributed by atoms with Crippen LogP contribution in [0, 0.1) is 0 Å². The van der Waals surface area contributed by atoms with Crippen molar-refractivity contribution < 1.29 is 0 Å². The van der Waals surface area contributed by atoms with Crippen LogP contribution in [0.4, 0.5) is 11.4 Å². The molecule has 4 aromatic carbocycles. The zero-order chi connectivity index (χ0) is 24.0. The second-order valence-corrected chi connectivity index (χ2v) is 18.8. The zero-order valence-corrected chi connectivity index (χ0v) is 23.0. The van der Waals surface area contributed by atoms with E-state index in [9.17, 15) is 0 Å². The number of anilines is 1. The molecule has 0 saturated carbocycles. The third-order valence-corrected chi connectivity index (χ3v) is 15.7. The minimum absolute atomic E-state index is 0.860. The maximum absolute atomic E-state index is 2.71. The molecule has 0 atom stereocenters. The first kappa shape index (κ1) is 22.8. The van der Waals surface area contributed by atoms with Crippen molar-refractivity contribution in [3.63, 3.8) is 0 Å². The van der Waals surface area contributed by atoms with Gasteiger partial charge >= 0.3 is 0 Å². The monoisotopic (exact) mass is 479 g/mol. The maximum Gasteiger partial charge on any atom is 0.195 e. The highest BCUT2D eigenvalue weighted by Gasteiger charge is 2.50. The molecule has 0 amide bonds. The average Bonchev–Trinajstić information content (AvgIpc) is 2.87. The Labute approximate surface area is 206 Å². The molecule has 0 fully saturated rings. The Bertz CT molecular complexity index is 1250. The van der Waals surface area contributed by atoms with Gasteiger partial charge in [-0.25, -0.2) is 0 Å². The summed E-state index contributed by atoms with van der Waals surface area (Å²) in [6.07, 6.45) is 0. The van der Waals surface area contributed by atoms with Crippen LogP contribution in [-0.4, -0.2) is 37.1 Å². The Morgan fingerprint density at radius 3 is 1.71 bits per heavy atom. The molecule has 0 aromatic heterocycles. The molecule has 4 heteroatoms. The van der Waals surface area contributed by atoms with E-state index in [0.717, 1.165) is 11.2 Å². The molecule has 0 aliphatic carbocycles. The minimum Gasteiger partial charge on any atom is -0.349 e. The number of rotatable bonds is 4. The van der Waals surface area contributed by atoms with Crippen LogP contribution in [0.25, 0.3) is 0 Å². The molecule has 0 spiro atoms. The summed E-state index contributed by atoms with van der Waals surface area (Å²) in [7, 11) is 0.627. The predicted molar refractivity (Wildman–Crippen MR) is 154 cm³/mol. The van der Waals surface area contributed by atoms with E-state index >= 15 is 0 Å². The molecule has 5 rings (SSSR count). The molecule has 1 aliphatic rings. The fraction of sp³-hybridized carbons (Fsp3) is 0.200. The molecule has 1 heterocycles. The van der Waals surface area contributed by atoms with E-state index in [0.29, 0.717) is 0 Å². The number of nitrogens with zero attached hydrogens (tertiary/aromatic N) is 2. The maximum atomic E-state index is 2.71. The second kappa shape index (κ2) is 8.38. The Morgan fingerprint density at radius 2 is 1.18 bits per heavy atom. The van der Waals surface area contributed by atoms with Crippen LogP contribution in [-0.2, 0) is 0 Å². The summed E-state index contributed by atoms with van der Waals surface area (Å²) in [5.41, 5.74) is 2.89. The van der Waals surface area contributed by atoms with Crippen molar-refractivity contribution >= 4 is 48.4 Å². The zero-order valence-electron chi connectivity index (χ0n) is 21.0. The molecule has 0 bridgehead atoms. The van der Waals surface area contributed by atoms with Gasteiger partial charge in [0.05, 0.1) is 14.1 Å². The summed E-state index contributed by atoms with van der Waals surface area (Å²) in [5, 5.41) is 6.07. The number of para-hydroxylation sites is 2. The van der Waals surface area contributed by atoms with Crippen LogP contribution in [0.1, 0.15) is 0 Å². The molecule has 1 aliphatic heterocycles. The molecule has 0 unspecified atom stereocenters. The first-order valence-electron chi connectivity index (χ1n) is 12.2. The summed E-state index contributed by atoms with van der Waals surface area (Å²) in [6, 6.07) is 40.7. The molecule has 4 aromatic rings. The molecule has 172 valence electrons. The average molecular weight is 480 g/mol. The molecular formula is C30H35N2Si2+. The summed E-state index contributed by atoms with van der Waals surface area (Å²) < 4.78 is 3.57. The van der Waals surface area contributed by atoms with E-state index < -0.39 is 16.3 Å². The number of fused-ring (bicyclic) bond motifs is 1. The SMILES string of the molecule is C[N+]1(C)CN(c2ccccc2)[Si](C)(C)c2cccc([Si](C)(c3ccccc3)c3ccccc3)c21. The van der Waals surface area contributed by atoms with E-state index in [1.807, 2.05) is 0 Å². The first-order chi connectivity index (χ1) is 16.3. The fourth-order valence-electron chi connectivity index (χ4n) is 5.87. The number of quaternary nitrogens is 1. The minimum atomic E-state index is -2.22. The van der Waals surface area contributed by atoms with Crippen molar-refractivity contribution in [2.75, 3.05) is 25.3 Å². The lowest BCUT2D eigenvalue weighted by Crippen LogP contribution is -2.75. The van der Waals surface area contributed by atoms with Crippen LogP contribution in [0.3, 0.4) is 0 Å². The van der Waals surface area contributed by atoms with Gasteiger partial charge in [0.25, 0.3) is 0 Å². The third kappa shape index (κ3) is 3.57. The highest BCUT2D eigenvalue weighted by Crippen LogP contribution is 2.33. The van der Waals surface area contributed by atoms with Gasteiger partial charge in [-0.3, -0.25) is 4.48 Å². The van der Waals surface area contributed by atoms with E-state index in [-0.39, 0.29) is 0 Å². The number of benzene rings is 4. The fourth-order valence-corrected chi connectivity index (χ4v) is 13.3. The second-order valence-electron chi connectivity index (χ2n) is 10.7. The molecular weight excluding hydrogens is 445 g/mol. The molecule has 0 radical (unpaired) electrons. The largest absolute Gasteiger partial charge is 0.349 e. The molecule has 0 saturated heterocycles. The highest BCUT2D eigenvalue weighted by molar-refractivity contribution is 7.11. The van der Waals surface area contributed by atoms with E-state index in [4.69, 9.17) is 0 Å². The lowest BCUT2D eigenvalue weighted by atomic mass is 10.2. The Hall–Kier alpha value is -2.93. The lowest BCUT2D eigenvalue weighted by molar-refractivity contribution is 0.409. The van der Waals surface area contributed by atoms with Gasteiger partial charge in [0.1, 0.15) is 5.69 Å². The molecule has 34 heavy (non-hydrogen) atoms. The topological polar surface area (TPSA) is 3.24 Å². The van der Waals surface area contributed by atoms with Gasteiger partial charge in [0.15, 0.2) is 23.0 Å². The summed E-state index contributed by atoms with van der Waals surface area (Å²) in [5.74, 6) is 0. The quantitative estimate of drug-likeness (QED) is 0.240. The van der Waals surface area contributed by atoms with Gasteiger partial charge in [-0.1, -0.05) is 104 Å². The van der Waals surface area contributed by atoms with Crippen molar-refractivity contribution in [2.24, 2.45) is 0 Å². The molecule has 2 nitrogen and oxygen atoms in total. The van der Waals surface area contributed by atoms with Gasteiger partial charge in [-0.15, -0.1) is 0 Å². The third-order valence-electron chi connectivity index (χ3n) is 7.78. The van der Waals surface area contributed by atoms with Crippen LogP contribution < -0.4 is 29.8 Å². The Kier molecular flexibility index (Phi) is 5.63. The van der Waals surface area contributed by atoms with Crippen molar-refractivity contribution in [2.45, 2.75) is 19.6 Å². The number of hydrogen-bond acceptors (Lipinski definition) is 1. The van der Waals surface area contributed by atoms with Crippen LogP contribution in [0.5, 0.6) is 0 Å². The van der Waals surface area contributed by atoms with Gasteiger partial charge in [-0.05, 0) is 35.6 Å². The lowest BCUT2D eigenvalue weighted by Gasteiger charge is -2.51. The van der Waals surface area contributed by atoms with E-state index in [2.05, 4.69) is 147 Å². The Morgan fingerprint density at radius 1 is 0.676 bits per heavy atom. The number of hydrogen-bond donors (Lipinski definition) is 0. The van der Waals surface area contributed by atoms with Gasteiger partial charge in [-0.2, -0.15) is 0 Å². The van der Waals surface area contributed by atoms with Gasteiger partial charge < -0.3 is 4.57 Å². The summed E-state index contributed by atoms with van der Waals surface area (Å²) in [4.78, 5) is 0. The predicted octanol–water partition coefficient (Wildman–Crippen LogP) is 4.24. The van der Waals surface area contributed by atoms with Crippen molar-refractivity contribution in [3.05, 3.63) is 109 Å². The van der Waals surface area contributed by atoms with Crippen LogP contribution in [0.15, 0.2) is 109 Å². The summed E-state index contributed by atoms with van der Waals surface area (Å²) in [6.45, 7) is 8.57. The normalized spacial score (nSPS) is 16.7. The Balaban J connectivity index is 1.79. The van der Waals surface area contributed by atoms with Crippen molar-refractivity contribution in [1.29, 1.82) is 0 Å². The van der Waals surface area contributed by atoms with Crippen molar-refractivity contribution in [3.8, 4) is 0 Å². The van der Waals surface area contributed by atoms with Crippen molar-refractivity contribution in [1.82, 2.24) is 4.48 Å². The standard InChI is InChI=1S/C30H35N2Si2/c1-32(2)24-31(25-16-9-6-10-17-25)33(3,4)28-22-15-23-29(30(28)32)34(5,26-18-11-7-12-19-26)27-20-13-8-14-21-27/h6-23H,24H2,1-5H3/q+1. The highest BCUT2D eigenvalue weighted by atomic mass is 28.3. The first-order valence-corrected chi connectivity index (χ1v) is 17.6. The smallest absolute Gasteiger partial charge is 0.195 e. The summed E-state index contributed by atoms with van der Waals surface area (Å²) >= 11 is 0. The van der Waals surface area contributed by atoms with E-state index in [1.165, 1.54) is 16.1 Å². The van der Waals surface area contributed by atoms with Crippen LogP contribution >= 0.6 is 0 Å². The van der Waals surface area contributed by atoms with Gasteiger partial charge in [0.2, 0.25) is 0 Å². The van der Waals surface area contributed by atoms with Crippen LogP contribution in [0.2, 0.25) is 19.6 Å².